The Kier molecular flexibility index (Phi) is 16.7. The third-order valence-electron chi connectivity index (χ3n) is 10.1. The highest BCUT2D eigenvalue weighted by atomic mass is 33.1. The number of hydrogen-bond acceptors (Lipinski definition) is 11. The van der Waals surface area contributed by atoms with Gasteiger partial charge in [0, 0.05) is 36.3 Å². The van der Waals surface area contributed by atoms with Crippen molar-refractivity contribution < 1.29 is 42.9 Å². The second kappa shape index (κ2) is 20.6. The number of allylic oxidation sites excluding steroid dienone is 3. The van der Waals surface area contributed by atoms with Crippen LogP contribution in [0.25, 0.3) is 0 Å². The molecule has 2 saturated heterocycles. The van der Waals surface area contributed by atoms with Crippen molar-refractivity contribution in [3.8, 4) is 0 Å². The van der Waals surface area contributed by atoms with Crippen LogP contribution < -0.4 is 5.32 Å². The Morgan fingerprint density at radius 2 is 1.90 bits per heavy atom. The molecule has 9 unspecified atom stereocenters. The summed E-state index contributed by atoms with van der Waals surface area (Å²) in [5.74, 6) is 1.32. The van der Waals surface area contributed by atoms with Gasteiger partial charge in [-0.2, -0.15) is 0 Å². The van der Waals surface area contributed by atoms with Gasteiger partial charge >= 0.3 is 24.0 Å². The Labute approximate surface area is 300 Å². The van der Waals surface area contributed by atoms with Crippen molar-refractivity contribution >= 4 is 45.6 Å². The van der Waals surface area contributed by atoms with Gasteiger partial charge < -0.3 is 29.0 Å². The van der Waals surface area contributed by atoms with Gasteiger partial charge in [-0.25, -0.2) is 4.79 Å². The number of unbranched alkanes of at least 4 members (excludes halogenated alkanes) is 1. The molecule has 2 aliphatic heterocycles. The highest BCUT2D eigenvalue weighted by Crippen LogP contribution is 2.45. The molecule has 0 spiro atoms. The van der Waals surface area contributed by atoms with Crippen LogP contribution in [-0.4, -0.2) is 79.7 Å². The van der Waals surface area contributed by atoms with E-state index in [1.165, 1.54) is 17.7 Å². The summed E-state index contributed by atoms with van der Waals surface area (Å²) in [4.78, 5) is 49.7. The average molecular weight is 724 g/mol. The molecule has 9 atom stereocenters. The number of ether oxygens (including phenoxy) is 5. The third-order valence-corrected chi connectivity index (χ3v) is 13.1. The summed E-state index contributed by atoms with van der Waals surface area (Å²) in [7, 11) is 3.90. The van der Waals surface area contributed by atoms with Crippen LogP contribution in [0.15, 0.2) is 23.8 Å². The molecule has 0 aromatic heterocycles. The normalized spacial score (nSPS) is 30.0. The first-order valence-electron chi connectivity index (χ1n) is 18.4. The van der Waals surface area contributed by atoms with Crippen LogP contribution in [0.2, 0.25) is 0 Å². The average Bonchev–Trinajstić information content (AvgIpc) is 3.59. The smallest absolute Gasteiger partial charge is 0.407 e. The van der Waals surface area contributed by atoms with E-state index in [9.17, 15) is 19.2 Å². The van der Waals surface area contributed by atoms with Gasteiger partial charge in [-0.15, -0.1) is 0 Å². The number of esters is 3. The van der Waals surface area contributed by atoms with E-state index >= 15 is 0 Å². The Morgan fingerprint density at radius 3 is 2.67 bits per heavy atom. The van der Waals surface area contributed by atoms with Crippen LogP contribution >= 0.6 is 21.6 Å². The van der Waals surface area contributed by atoms with E-state index in [0.29, 0.717) is 25.2 Å². The lowest BCUT2D eigenvalue weighted by molar-refractivity contribution is -0.162. The van der Waals surface area contributed by atoms with E-state index in [-0.39, 0.29) is 86.6 Å². The lowest BCUT2D eigenvalue weighted by Gasteiger charge is -2.43. The van der Waals surface area contributed by atoms with Gasteiger partial charge in [0.25, 0.3) is 0 Å². The van der Waals surface area contributed by atoms with Gasteiger partial charge in [-0.3, -0.25) is 14.4 Å². The van der Waals surface area contributed by atoms with Gasteiger partial charge in [0.05, 0.1) is 25.6 Å². The monoisotopic (exact) mass is 723 g/mol. The standard InChI is InChI=1S/C37H57NO9S2/c1-5-25(3)36(41)47-32-21-24(2)20-27-11-10-26(4)31(35(27)32)13-12-28-22-29(23-34(40)45-28)46-37(42)38-15-16-43-17-18-44-33(39)9-7-6-8-30-14-19-48-49-30/h10-11,20,24-26,28-32,35H,5-9,12-19,21-23H2,1-4H3,(H,38,42). The molecule has 4 aliphatic rings. The zero-order chi connectivity index (χ0) is 35.2. The summed E-state index contributed by atoms with van der Waals surface area (Å²) in [5, 5.41) is 3.40. The van der Waals surface area contributed by atoms with Gasteiger partial charge in [-0.05, 0) is 68.3 Å². The van der Waals surface area contributed by atoms with Gasteiger partial charge in [0.2, 0.25) is 0 Å². The Morgan fingerprint density at radius 1 is 1.06 bits per heavy atom. The fraction of sp³-hybridized carbons (Fsp3) is 0.784. The van der Waals surface area contributed by atoms with Crippen molar-refractivity contribution in [1.29, 1.82) is 0 Å². The molecule has 49 heavy (non-hydrogen) atoms. The first-order valence-corrected chi connectivity index (χ1v) is 20.8. The largest absolute Gasteiger partial charge is 0.463 e. The number of amides is 1. The molecule has 0 aromatic rings. The second-order valence-electron chi connectivity index (χ2n) is 14.1. The number of alkyl carbamates (subject to hydrolysis) is 1. The van der Waals surface area contributed by atoms with Crippen molar-refractivity contribution in [2.24, 2.45) is 29.6 Å². The predicted octanol–water partition coefficient (Wildman–Crippen LogP) is 7.20. The summed E-state index contributed by atoms with van der Waals surface area (Å²) >= 11 is 0. The molecule has 2 aliphatic carbocycles. The van der Waals surface area contributed by atoms with E-state index in [0.717, 1.165) is 43.8 Å². The first-order chi connectivity index (χ1) is 23.6. The van der Waals surface area contributed by atoms with E-state index in [1.807, 2.05) is 35.4 Å². The fourth-order valence-corrected chi connectivity index (χ4v) is 10.2. The van der Waals surface area contributed by atoms with Crippen LogP contribution in [0.1, 0.15) is 98.3 Å². The minimum Gasteiger partial charge on any atom is -0.463 e. The number of carbonyl (C=O) groups excluding carboxylic acids is 4. The van der Waals surface area contributed by atoms with Gasteiger partial charge in [-0.1, -0.05) is 73.9 Å². The summed E-state index contributed by atoms with van der Waals surface area (Å²) in [6.45, 7) is 9.18. The van der Waals surface area contributed by atoms with Crippen LogP contribution in [0.5, 0.6) is 0 Å². The molecule has 10 nitrogen and oxygen atoms in total. The van der Waals surface area contributed by atoms with Crippen molar-refractivity contribution in [1.82, 2.24) is 5.32 Å². The minimum atomic E-state index is -0.605. The Balaban J connectivity index is 1.12. The van der Waals surface area contributed by atoms with E-state index in [1.54, 1.807) is 0 Å². The maximum absolute atomic E-state index is 12.8. The number of fused-ring (bicyclic) bond motifs is 1. The summed E-state index contributed by atoms with van der Waals surface area (Å²) in [6, 6.07) is 0. The molecule has 0 aromatic carbocycles. The molecular formula is C37H57NO9S2. The summed E-state index contributed by atoms with van der Waals surface area (Å²) in [6.07, 6.45) is 13.2. The molecule has 0 bridgehead atoms. The number of carbonyl (C=O) groups is 4. The number of hydrogen-bond donors (Lipinski definition) is 1. The highest BCUT2D eigenvalue weighted by molar-refractivity contribution is 8.77. The van der Waals surface area contributed by atoms with E-state index in [4.69, 9.17) is 23.7 Å². The van der Waals surface area contributed by atoms with Gasteiger partial charge in [0.15, 0.2) is 0 Å². The molecule has 276 valence electrons. The maximum atomic E-state index is 12.8. The second-order valence-corrected chi connectivity index (χ2v) is 16.9. The number of rotatable bonds is 18. The number of nitrogens with one attached hydrogen (secondary N) is 1. The van der Waals surface area contributed by atoms with Gasteiger partial charge in [0.1, 0.15) is 24.9 Å². The molecule has 0 radical (unpaired) electrons. The molecular weight excluding hydrogens is 667 g/mol. The lowest BCUT2D eigenvalue weighted by atomic mass is 9.65. The van der Waals surface area contributed by atoms with Crippen LogP contribution in [-0.2, 0) is 38.1 Å². The summed E-state index contributed by atoms with van der Waals surface area (Å²) in [5.41, 5.74) is 1.23. The first kappa shape index (κ1) is 39.6. The molecule has 4 rings (SSSR count). The van der Waals surface area contributed by atoms with Crippen molar-refractivity contribution in [2.75, 3.05) is 32.1 Å². The summed E-state index contributed by atoms with van der Waals surface area (Å²) < 4.78 is 28.1. The zero-order valence-electron chi connectivity index (χ0n) is 29.7. The van der Waals surface area contributed by atoms with Crippen LogP contribution in [0.4, 0.5) is 4.79 Å². The van der Waals surface area contributed by atoms with E-state index in [2.05, 4.69) is 37.4 Å². The minimum absolute atomic E-state index is 0.0218. The van der Waals surface area contributed by atoms with Crippen molar-refractivity contribution in [3.05, 3.63) is 23.8 Å². The van der Waals surface area contributed by atoms with Crippen LogP contribution in [0, 0.1) is 29.6 Å². The topological polar surface area (TPSA) is 126 Å². The van der Waals surface area contributed by atoms with Crippen LogP contribution in [0.3, 0.4) is 0 Å². The molecule has 1 amide bonds. The molecule has 0 saturated carbocycles. The van der Waals surface area contributed by atoms with E-state index < -0.39 is 12.2 Å². The number of cyclic esters (lactones) is 1. The maximum Gasteiger partial charge on any atom is 0.407 e. The Hall–Kier alpha value is -2.18. The Bertz CT molecular complexity index is 1160. The predicted molar refractivity (Wildman–Crippen MR) is 192 cm³/mol. The highest BCUT2D eigenvalue weighted by Gasteiger charge is 2.42. The lowest BCUT2D eigenvalue weighted by Crippen LogP contribution is -2.42. The molecule has 2 fully saturated rings. The SMILES string of the molecule is CCC(C)C(=O)OC1CC(C)C=C2C=CC(C)C(CCC3CC(OC(=O)NCCOCCOC(=O)CCCCC4CCSS4)CC(=O)O3)C21. The zero-order valence-corrected chi connectivity index (χ0v) is 31.4. The van der Waals surface area contributed by atoms with Crippen molar-refractivity contribution in [3.63, 3.8) is 0 Å². The molecule has 1 N–H and O–H groups in total. The molecule has 12 heteroatoms. The quantitative estimate of drug-likeness (QED) is 0.0668. The van der Waals surface area contributed by atoms with Crippen molar-refractivity contribution in [2.45, 2.75) is 122 Å². The molecule has 2 heterocycles. The fourth-order valence-electron chi connectivity index (χ4n) is 7.16. The third kappa shape index (κ3) is 13.1.